The second kappa shape index (κ2) is 10.4. The lowest BCUT2D eigenvalue weighted by Crippen LogP contribution is -2.13. The SMILES string of the molecule is CCCCCCn1cc(C(=O)Nc2ccccc2O)nc1CC(=O)OCC. The van der Waals surface area contributed by atoms with E-state index in [0.717, 1.165) is 25.7 Å². The summed E-state index contributed by atoms with van der Waals surface area (Å²) in [5.74, 6) is -0.316. The third-order valence-corrected chi connectivity index (χ3v) is 4.10. The number of nitrogens with zero attached hydrogens (tertiary/aromatic N) is 2. The number of ether oxygens (including phenoxy) is 1. The molecular weight excluding hydrogens is 346 g/mol. The number of hydrogen-bond donors (Lipinski definition) is 2. The number of aromatic hydroxyl groups is 1. The molecule has 0 aliphatic carbocycles. The molecule has 7 heteroatoms. The number of hydrogen-bond acceptors (Lipinski definition) is 5. The van der Waals surface area contributed by atoms with Crippen molar-refractivity contribution in [2.45, 2.75) is 52.5 Å². The zero-order valence-electron chi connectivity index (χ0n) is 15.9. The number of esters is 1. The summed E-state index contributed by atoms with van der Waals surface area (Å²) in [5.41, 5.74) is 0.514. The lowest BCUT2D eigenvalue weighted by atomic mass is 10.2. The zero-order valence-corrected chi connectivity index (χ0v) is 15.9. The van der Waals surface area contributed by atoms with Crippen molar-refractivity contribution in [3.8, 4) is 5.75 Å². The van der Waals surface area contributed by atoms with Crippen LogP contribution in [0.3, 0.4) is 0 Å². The summed E-state index contributed by atoms with van der Waals surface area (Å²) in [6.45, 7) is 4.88. The molecular formula is C20H27N3O4. The molecule has 0 aliphatic rings. The highest BCUT2D eigenvalue weighted by molar-refractivity contribution is 6.03. The Labute approximate surface area is 159 Å². The van der Waals surface area contributed by atoms with Gasteiger partial charge in [0.2, 0.25) is 0 Å². The Balaban J connectivity index is 2.14. The van der Waals surface area contributed by atoms with Crippen molar-refractivity contribution in [3.05, 3.63) is 42.0 Å². The molecule has 0 radical (unpaired) electrons. The van der Waals surface area contributed by atoms with Crippen LogP contribution < -0.4 is 5.32 Å². The lowest BCUT2D eigenvalue weighted by Gasteiger charge is -2.07. The van der Waals surface area contributed by atoms with Crippen LogP contribution in [0.4, 0.5) is 5.69 Å². The Morgan fingerprint density at radius 1 is 1.19 bits per heavy atom. The summed E-state index contributed by atoms with van der Waals surface area (Å²) in [6, 6.07) is 6.49. The maximum Gasteiger partial charge on any atom is 0.313 e. The number of nitrogens with one attached hydrogen (secondary N) is 1. The maximum atomic E-state index is 12.5. The number of aromatic nitrogens is 2. The number of rotatable bonds is 10. The minimum absolute atomic E-state index is 0.0170. The molecule has 146 valence electrons. The van der Waals surface area contributed by atoms with Crippen LogP contribution in [-0.4, -0.2) is 33.1 Å². The molecule has 0 unspecified atom stereocenters. The second-order valence-electron chi connectivity index (χ2n) is 6.25. The molecule has 1 aromatic heterocycles. The van der Waals surface area contributed by atoms with E-state index >= 15 is 0 Å². The Kier molecular flexibility index (Phi) is 7.85. The van der Waals surface area contributed by atoms with Crippen LogP contribution in [0.15, 0.2) is 30.5 Å². The first-order valence-corrected chi connectivity index (χ1v) is 9.36. The van der Waals surface area contributed by atoms with E-state index in [9.17, 15) is 14.7 Å². The number of unbranched alkanes of at least 4 members (excludes halogenated alkanes) is 3. The van der Waals surface area contributed by atoms with Gasteiger partial charge >= 0.3 is 5.97 Å². The first-order valence-electron chi connectivity index (χ1n) is 9.36. The van der Waals surface area contributed by atoms with Crippen LogP contribution >= 0.6 is 0 Å². The normalized spacial score (nSPS) is 10.6. The number of anilines is 1. The molecule has 1 aromatic carbocycles. The predicted molar refractivity (Wildman–Crippen MR) is 103 cm³/mol. The molecule has 27 heavy (non-hydrogen) atoms. The number of carbonyl (C=O) groups excluding carboxylic acids is 2. The summed E-state index contributed by atoms with van der Waals surface area (Å²) in [7, 11) is 0. The van der Waals surface area contributed by atoms with Gasteiger partial charge in [0.05, 0.1) is 12.3 Å². The second-order valence-corrected chi connectivity index (χ2v) is 6.25. The van der Waals surface area contributed by atoms with E-state index in [1.54, 1.807) is 31.3 Å². The topological polar surface area (TPSA) is 93.5 Å². The summed E-state index contributed by atoms with van der Waals surface area (Å²) in [6.07, 6.45) is 5.96. The number of carbonyl (C=O) groups is 2. The van der Waals surface area contributed by atoms with Gasteiger partial charge < -0.3 is 19.7 Å². The number of benzene rings is 1. The third kappa shape index (κ3) is 6.13. The largest absolute Gasteiger partial charge is 0.506 e. The molecule has 1 heterocycles. The molecule has 0 atom stereocenters. The highest BCUT2D eigenvalue weighted by Gasteiger charge is 2.18. The average molecular weight is 373 g/mol. The minimum atomic E-state index is -0.436. The van der Waals surface area contributed by atoms with Crippen molar-refractivity contribution in [2.75, 3.05) is 11.9 Å². The van der Waals surface area contributed by atoms with E-state index < -0.39 is 5.91 Å². The van der Waals surface area contributed by atoms with Gasteiger partial charge in [-0.25, -0.2) is 4.98 Å². The number of phenols is 1. The van der Waals surface area contributed by atoms with Crippen LogP contribution in [0.2, 0.25) is 0 Å². The monoisotopic (exact) mass is 373 g/mol. The fourth-order valence-corrected chi connectivity index (χ4v) is 2.71. The maximum absolute atomic E-state index is 12.5. The number of phenolic OH excluding ortho intramolecular Hbond substituents is 1. The van der Waals surface area contributed by atoms with Crippen LogP contribution in [-0.2, 0) is 22.5 Å². The summed E-state index contributed by atoms with van der Waals surface area (Å²) in [5, 5.41) is 12.5. The summed E-state index contributed by atoms with van der Waals surface area (Å²) in [4.78, 5) is 28.7. The van der Waals surface area contributed by atoms with E-state index in [4.69, 9.17) is 4.74 Å². The number of aryl methyl sites for hydroxylation is 1. The molecule has 0 saturated heterocycles. The Hall–Kier alpha value is -2.83. The fraction of sp³-hybridized carbons (Fsp3) is 0.450. The highest BCUT2D eigenvalue weighted by Crippen LogP contribution is 2.22. The number of para-hydroxylation sites is 2. The molecule has 0 fully saturated rings. The van der Waals surface area contributed by atoms with Gasteiger partial charge in [0.1, 0.15) is 23.7 Å². The van der Waals surface area contributed by atoms with Gasteiger partial charge in [-0.3, -0.25) is 9.59 Å². The average Bonchev–Trinajstić information content (AvgIpc) is 3.03. The van der Waals surface area contributed by atoms with E-state index in [1.165, 1.54) is 6.07 Å². The van der Waals surface area contributed by atoms with Gasteiger partial charge in [0.15, 0.2) is 0 Å². The van der Waals surface area contributed by atoms with Gasteiger partial charge in [-0.2, -0.15) is 0 Å². The molecule has 0 bridgehead atoms. The molecule has 1 amide bonds. The molecule has 0 saturated carbocycles. The number of amides is 1. The van der Waals surface area contributed by atoms with Crippen molar-refractivity contribution < 1.29 is 19.4 Å². The van der Waals surface area contributed by atoms with Crippen molar-refractivity contribution in [1.82, 2.24) is 9.55 Å². The van der Waals surface area contributed by atoms with Gasteiger partial charge in [-0.05, 0) is 25.5 Å². The standard InChI is InChI=1S/C20H27N3O4/c1-3-5-6-9-12-23-14-16(21-18(23)13-19(25)27-4-2)20(26)22-15-10-7-8-11-17(15)24/h7-8,10-11,14,24H,3-6,9,12-13H2,1-2H3,(H,22,26). The fourth-order valence-electron chi connectivity index (χ4n) is 2.71. The van der Waals surface area contributed by atoms with Crippen LogP contribution in [0, 0.1) is 0 Å². The van der Waals surface area contributed by atoms with Gasteiger partial charge in [0.25, 0.3) is 5.91 Å². The molecule has 0 spiro atoms. The van der Waals surface area contributed by atoms with E-state index in [-0.39, 0.29) is 23.8 Å². The van der Waals surface area contributed by atoms with E-state index in [0.29, 0.717) is 24.7 Å². The molecule has 0 aliphatic heterocycles. The summed E-state index contributed by atoms with van der Waals surface area (Å²) >= 11 is 0. The van der Waals surface area contributed by atoms with Crippen molar-refractivity contribution >= 4 is 17.6 Å². The summed E-state index contributed by atoms with van der Waals surface area (Å²) < 4.78 is 6.84. The number of imidazole rings is 1. The Bertz CT molecular complexity index is 770. The van der Waals surface area contributed by atoms with Gasteiger partial charge in [-0.1, -0.05) is 38.3 Å². The van der Waals surface area contributed by atoms with Crippen molar-refractivity contribution in [1.29, 1.82) is 0 Å². The molecule has 7 nitrogen and oxygen atoms in total. The van der Waals surface area contributed by atoms with Crippen LogP contribution in [0.5, 0.6) is 5.75 Å². The molecule has 2 aromatic rings. The highest BCUT2D eigenvalue weighted by atomic mass is 16.5. The predicted octanol–water partition coefficient (Wildman–Crippen LogP) is 3.53. The van der Waals surface area contributed by atoms with Crippen LogP contribution in [0.1, 0.15) is 55.8 Å². The zero-order chi connectivity index (χ0) is 19.6. The smallest absolute Gasteiger partial charge is 0.313 e. The van der Waals surface area contributed by atoms with Crippen molar-refractivity contribution in [3.63, 3.8) is 0 Å². The first kappa shape index (κ1) is 20.5. The molecule has 2 N–H and O–H groups in total. The van der Waals surface area contributed by atoms with E-state index in [2.05, 4.69) is 17.2 Å². The Morgan fingerprint density at radius 2 is 1.96 bits per heavy atom. The first-order chi connectivity index (χ1) is 13.0. The van der Waals surface area contributed by atoms with Gasteiger partial charge in [0, 0.05) is 12.7 Å². The van der Waals surface area contributed by atoms with Crippen molar-refractivity contribution in [2.24, 2.45) is 0 Å². The quantitative estimate of drug-likeness (QED) is 0.377. The third-order valence-electron chi connectivity index (χ3n) is 4.10. The lowest BCUT2D eigenvalue weighted by molar-refractivity contribution is -0.142. The van der Waals surface area contributed by atoms with Gasteiger partial charge in [-0.15, -0.1) is 0 Å². The Morgan fingerprint density at radius 3 is 2.67 bits per heavy atom. The molecule has 2 rings (SSSR count). The van der Waals surface area contributed by atoms with Crippen LogP contribution in [0.25, 0.3) is 0 Å². The minimum Gasteiger partial charge on any atom is -0.506 e. The van der Waals surface area contributed by atoms with E-state index in [1.807, 2.05) is 4.57 Å².